The van der Waals surface area contributed by atoms with E-state index in [2.05, 4.69) is 10.6 Å². The summed E-state index contributed by atoms with van der Waals surface area (Å²) < 4.78 is 3.37. The molecule has 0 saturated heterocycles. The number of benzene rings is 2. The summed E-state index contributed by atoms with van der Waals surface area (Å²) in [5.41, 5.74) is 3.78. The molecule has 0 aliphatic carbocycles. The predicted molar refractivity (Wildman–Crippen MR) is 142 cm³/mol. The van der Waals surface area contributed by atoms with E-state index in [4.69, 9.17) is 39.5 Å². The van der Waals surface area contributed by atoms with Gasteiger partial charge < -0.3 is 15.4 Å². The molecule has 0 aliphatic rings. The fourth-order valence-electron chi connectivity index (χ4n) is 3.07. The van der Waals surface area contributed by atoms with Crippen LogP contribution in [0.25, 0.3) is 17.2 Å². The molecule has 0 radical (unpaired) electrons. The predicted octanol–water partition coefficient (Wildman–Crippen LogP) is 6.84. The summed E-state index contributed by atoms with van der Waals surface area (Å²) in [5, 5.41) is 7.91. The number of nitrogens with one attached hydrogen (secondary N) is 2. The van der Waals surface area contributed by atoms with Gasteiger partial charge in [0.15, 0.2) is 0 Å². The van der Waals surface area contributed by atoms with E-state index in [9.17, 15) is 9.59 Å². The largest absolute Gasteiger partial charge is 0.462 e. The Kier molecular flexibility index (Phi) is 9.03. The molecule has 0 bridgehead atoms. The van der Waals surface area contributed by atoms with Crippen molar-refractivity contribution in [2.45, 2.75) is 23.8 Å². The van der Waals surface area contributed by atoms with Crippen LogP contribution in [0, 0.1) is 6.92 Å². The monoisotopic (exact) mass is 536 g/mol. The SMILES string of the molecule is CCOC(=O)c1c(-c2ccc(C)cc2)csc1NC(NC(=O)C=Cc1ccccc1)C(Cl)(Cl)Cl. The molecule has 1 amide bonds. The van der Waals surface area contributed by atoms with Crippen LogP contribution in [0.2, 0.25) is 0 Å². The molecule has 9 heteroatoms. The number of ether oxygens (including phenoxy) is 1. The van der Waals surface area contributed by atoms with Crippen molar-refractivity contribution in [2.75, 3.05) is 11.9 Å². The molecular weight excluding hydrogens is 515 g/mol. The number of carbonyl (C=O) groups excluding carboxylic acids is 2. The van der Waals surface area contributed by atoms with Crippen LogP contribution in [-0.4, -0.2) is 28.4 Å². The normalized spacial score (nSPS) is 12.4. The summed E-state index contributed by atoms with van der Waals surface area (Å²) in [5.74, 6) is -0.985. The second kappa shape index (κ2) is 11.8. The van der Waals surface area contributed by atoms with Gasteiger partial charge in [-0.15, -0.1) is 11.3 Å². The summed E-state index contributed by atoms with van der Waals surface area (Å²) in [4.78, 5) is 25.4. The minimum absolute atomic E-state index is 0.205. The summed E-state index contributed by atoms with van der Waals surface area (Å²) in [6, 6.07) is 17.1. The number of amides is 1. The molecule has 0 fully saturated rings. The van der Waals surface area contributed by atoms with Crippen LogP contribution in [0.15, 0.2) is 66.1 Å². The number of alkyl halides is 3. The van der Waals surface area contributed by atoms with Crippen LogP contribution in [0.1, 0.15) is 28.4 Å². The standard InChI is InChI=1S/C25H23Cl3N2O3S/c1-3-33-23(32)21-19(18-12-9-16(2)10-13-18)15-34-22(21)30-24(25(26,27)28)29-20(31)14-11-17-7-5-4-6-8-17/h4-15,24,30H,3H2,1-2H3,(H,29,31). The van der Waals surface area contributed by atoms with Gasteiger partial charge in [-0.3, -0.25) is 4.79 Å². The van der Waals surface area contributed by atoms with Gasteiger partial charge >= 0.3 is 5.97 Å². The molecule has 1 aromatic heterocycles. The van der Waals surface area contributed by atoms with Crippen molar-refractivity contribution in [3.8, 4) is 11.1 Å². The third-order valence-corrected chi connectivity index (χ3v) is 6.32. The Labute approximate surface area is 217 Å². The molecule has 0 spiro atoms. The lowest BCUT2D eigenvalue weighted by molar-refractivity contribution is -0.116. The Morgan fingerprint density at radius 2 is 1.76 bits per heavy atom. The third-order valence-electron chi connectivity index (χ3n) is 4.75. The minimum atomic E-state index is -1.91. The summed E-state index contributed by atoms with van der Waals surface area (Å²) in [7, 11) is 0. The second-order valence-electron chi connectivity index (χ2n) is 7.31. The van der Waals surface area contributed by atoms with Gasteiger partial charge in [-0.05, 0) is 31.1 Å². The Bertz CT molecular complexity index is 1160. The summed E-state index contributed by atoms with van der Waals surface area (Å²) >= 11 is 19.7. The van der Waals surface area contributed by atoms with Gasteiger partial charge in [0.05, 0.1) is 6.61 Å². The summed E-state index contributed by atoms with van der Waals surface area (Å²) in [6.45, 7) is 3.92. The first kappa shape index (κ1) is 26.1. The molecule has 1 atom stereocenters. The Morgan fingerprint density at radius 1 is 1.09 bits per heavy atom. The minimum Gasteiger partial charge on any atom is -0.462 e. The highest BCUT2D eigenvalue weighted by atomic mass is 35.6. The molecule has 0 saturated carbocycles. The van der Waals surface area contributed by atoms with Crippen LogP contribution in [0.5, 0.6) is 0 Å². The molecule has 3 aromatic rings. The lowest BCUT2D eigenvalue weighted by Gasteiger charge is -2.26. The van der Waals surface area contributed by atoms with Crippen molar-refractivity contribution in [2.24, 2.45) is 0 Å². The Morgan fingerprint density at radius 3 is 2.38 bits per heavy atom. The quantitative estimate of drug-likeness (QED) is 0.143. The van der Waals surface area contributed by atoms with Gasteiger partial charge in [-0.1, -0.05) is 95.0 Å². The molecule has 34 heavy (non-hydrogen) atoms. The van der Waals surface area contributed by atoms with Gasteiger partial charge in [0, 0.05) is 17.0 Å². The number of thiophene rings is 1. The molecule has 178 valence electrons. The molecule has 2 N–H and O–H groups in total. The third kappa shape index (κ3) is 7.00. The van der Waals surface area contributed by atoms with Gasteiger partial charge in [0.25, 0.3) is 0 Å². The Hall–Kier alpha value is -2.51. The van der Waals surface area contributed by atoms with Crippen molar-refractivity contribution >= 4 is 69.1 Å². The Balaban J connectivity index is 1.88. The van der Waals surface area contributed by atoms with Crippen LogP contribution in [0.4, 0.5) is 5.00 Å². The first-order valence-corrected chi connectivity index (χ1v) is 12.4. The number of hydrogen-bond acceptors (Lipinski definition) is 5. The van der Waals surface area contributed by atoms with E-state index in [1.54, 1.807) is 13.0 Å². The van der Waals surface area contributed by atoms with Crippen molar-refractivity contribution in [1.29, 1.82) is 0 Å². The number of carbonyl (C=O) groups is 2. The van der Waals surface area contributed by atoms with E-state index in [-0.39, 0.29) is 6.61 Å². The first-order valence-electron chi connectivity index (χ1n) is 10.4. The van der Waals surface area contributed by atoms with Crippen LogP contribution in [0.3, 0.4) is 0 Å². The highest BCUT2D eigenvalue weighted by Crippen LogP contribution is 2.39. The van der Waals surface area contributed by atoms with Crippen LogP contribution >= 0.6 is 46.1 Å². The van der Waals surface area contributed by atoms with Crippen LogP contribution < -0.4 is 10.6 Å². The number of esters is 1. The topological polar surface area (TPSA) is 67.4 Å². The highest BCUT2D eigenvalue weighted by molar-refractivity contribution is 7.15. The molecule has 1 heterocycles. The van der Waals surface area contributed by atoms with E-state index in [0.717, 1.165) is 16.7 Å². The smallest absolute Gasteiger partial charge is 0.341 e. The average Bonchev–Trinajstić information content (AvgIpc) is 3.22. The molecular formula is C25H23Cl3N2O3S. The maximum Gasteiger partial charge on any atom is 0.341 e. The van der Waals surface area contributed by atoms with Gasteiger partial charge in [-0.25, -0.2) is 4.79 Å². The fraction of sp³-hybridized carbons (Fsp3) is 0.200. The number of anilines is 1. The number of halogens is 3. The van der Waals surface area contributed by atoms with E-state index in [0.29, 0.717) is 16.1 Å². The average molecular weight is 538 g/mol. The van der Waals surface area contributed by atoms with E-state index >= 15 is 0 Å². The molecule has 3 rings (SSSR count). The number of rotatable bonds is 8. The molecule has 0 aliphatic heterocycles. The van der Waals surface area contributed by atoms with Gasteiger partial charge in [-0.2, -0.15) is 0 Å². The molecule has 1 unspecified atom stereocenters. The zero-order valence-electron chi connectivity index (χ0n) is 18.5. The highest BCUT2D eigenvalue weighted by Gasteiger charge is 2.35. The lowest BCUT2D eigenvalue weighted by Crippen LogP contribution is -2.48. The van der Waals surface area contributed by atoms with E-state index in [1.807, 2.05) is 66.9 Å². The van der Waals surface area contributed by atoms with Gasteiger partial charge in [0.1, 0.15) is 16.7 Å². The number of hydrogen-bond donors (Lipinski definition) is 2. The number of aryl methyl sites for hydroxylation is 1. The van der Waals surface area contributed by atoms with E-state index < -0.39 is 21.8 Å². The van der Waals surface area contributed by atoms with E-state index in [1.165, 1.54) is 17.4 Å². The molecule has 5 nitrogen and oxygen atoms in total. The fourth-order valence-corrected chi connectivity index (χ4v) is 4.39. The second-order valence-corrected chi connectivity index (χ2v) is 10.6. The zero-order chi connectivity index (χ0) is 24.7. The summed E-state index contributed by atoms with van der Waals surface area (Å²) in [6.07, 6.45) is 1.87. The van der Waals surface area contributed by atoms with Crippen molar-refractivity contribution in [3.63, 3.8) is 0 Å². The maximum absolute atomic E-state index is 12.8. The maximum atomic E-state index is 12.8. The van der Waals surface area contributed by atoms with Crippen molar-refractivity contribution < 1.29 is 14.3 Å². The van der Waals surface area contributed by atoms with Crippen molar-refractivity contribution in [1.82, 2.24) is 5.32 Å². The molecule has 2 aromatic carbocycles. The zero-order valence-corrected chi connectivity index (χ0v) is 21.6. The van der Waals surface area contributed by atoms with Crippen LogP contribution in [-0.2, 0) is 9.53 Å². The van der Waals surface area contributed by atoms with Gasteiger partial charge in [0.2, 0.25) is 9.70 Å². The first-order chi connectivity index (χ1) is 16.2. The van der Waals surface area contributed by atoms with Crippen molar-refractivity contribution in [3.05, 3.63) is 82.7 Å². The lowest BCUT2D eigenvalue weighted by atomic mass is 10.0.